The summed E-state index contributed by atoms with van der Waals surface area (Å²) in [5.41, 5.74) is 1.27. The summed E-state index contributed by atoms with van der Waals surface area (Å²) in [5, 5.41) is 10.2. The van der Waals surface area contributed by atoms with E-state index in [1.54, 1.807) is 10.6 Å². The zero-order valence-electron chi connectivity index (χ0n) is 10.8. The van der Waals surface area contributed by atoms with Crippen molar-refractivity contribution in [3.8, 4) is 0 Å². The standard InChI is InChI=1S/C14H18N2O2/c1-15(2)7-8-16-13-6-4-3-5-11(13)9-12(10-17)14(16)18/h3-6,9,17H,7-8,10H2,1-2H3. The van der Waals surface area contributed by atoms with Crippen molar-refractivity contribution in [2.45, 2.75) is 13.2 Å². The number of fused-ring (bicyclic) bond motifs is 1. The van der Waals surface area contributed by atoms with Crippen LogP contribution in [0.2, 0.25) is 0 Å². The van der Waals surface area contributed by atoms with Crippen LogP contribution in [-0.2, 0) is 13.2 Å². The highest BCUT2D eigenvalue weighted by Gasteiger charge is 2.08. The summed E-state index contributed by atoms with van der Waals surface area (Å²) in [6, 6.07) is 9.52. The number of hydrogen-bond acceptors (Lipinski definition) is 3. The van der Waals surface area contributed by atoms with Crippen molar-refractivity contribution in [3.05, 3.63) is 46.2 Å². The summed E-state index contributed by atoms with van der Waals surface area (Å²) in [6.07, 6.45) is 0. The molecule has 0 saturated carbocycles. The Morgan fingerprint density at radius 1 is 1.28 bits per heavy atom. The molecule has 4 heteroatoms. The number of likely N-dealkylation sites (N-methyl/N-ethyl adjacent to an activating group) is 1. The Kier molecular flexibility index (Phi) is 3.79. The average Bonchev–Trinajstić information content (AvgIpc) is 2.36. The summed E-state index contributed by atoms with van der Waals surface area (Å²) >= 11 is 0. The Morgan fingerprint density at radius 3 is 2.67 bits per heavy atom. The molecule has 0 radical (unpaired) electrons. The van der Waals surface area contributed by atoms with Gasteiger partial charge in [0, 0.05) is 18.7 Å². The molecule has 0 fully saturated rings. The van der Waals surface area contributed by atoms with Crippen molar-refractivity contribution in [1.82, 2.24) is 9.47 Å². The highest BCUT2D eigenvalue weighted by molar-refractivity contribution is 5.79. The minimum Gasteiger partial charge on any atom is -0.391 e. The minimum absolute atomic E-state index is 0.0990. The van der Waals surface area contributed by atoms with Crippen LogP contribution in [0.15, 0.2) is 35.1 Å². The van der Waals surface area contributed by atoms with Crippen LogP contribution in [0.25, 0.3) is 10.9 Å². The van der Waals surface area contributed by atoms with Crippen LogP contribution in [0.5, 0.6) is 0 Å². The third-order valence-corrected chi connectivity index (χ3v) is 3.02. The van der Waals surface area contributed by atoms with E-state index >= 15 is 0 Å². The van der Waals surface area contributed by atoms with Gasteiger partial charge in [0.1, 0.15) is 0 Å². The predicted molar refractivity (Wildman–Crippen MR) is 72.7 cm³/mol. The lowest BCUT2D eigenvalue weighted by atomic mass is 10.1. The van der Waals surface area contributed by atoms with Gasteiger partial charge in [-0.3, -0.25) is 4.79 Å². The van der Waals surface area contributed by atoms with E-state index in [9.17, 15) is 9.90 Å². The molecule has 0 unspecified atom stereocenters. The van der Waals surface area contributed by atoms with Crippen molar-refractivity contribution in [3.63, 3.8) is 0 Å². The first-order chi connectivity index (χ1) is 8.63. The SMILES string of the molecule is CN(C)CCn1c(=O)c(CO)cc2ccccc21. The Bertz CT molecular complexity index is 602. The van der Waals surface area contributed by atoms with Gasteiger partial charge in [0.05, 0.1) is 12.1 Å². The molecular weight excluding hydrogens is 228 g/mol. The largest absolute Gasteiger partial charge is 0.391 e. The van der Waals surface area contributed by atoms with Gasteiger partial charge in [-0.1, -0.05) is 18.2 Å². The highest BCUT2D eigenvalue weighted by Crippen LogP contribution is 2.13. The molecule has 0 aliphatic heterocycles. The maximum Gasteiger partial charge on any atom is 0.256 e. The third kappa shape index (κ3) is 2.44. The first-order valence-electron chi connectivity index (χ1n) is 6.00. The number of para-hydroxylation sites is 1. The Hall–Kier alpha value is -1.65. The fourth-order valence-electron chi connectivity index (χ4n) is 2.02. The molecule has 18 heavy (non-hydrogen) atoms. The van der Waals surface area contributed by atoms with Gasteiger partial charge in [0.15, 0.2) is 0 Å². The van der Waals surface area contributed by atoms with Gasteiger partial charge in [-0.2, -0.15) is 0 Å². The van der Waals surface area contributed by atoms with Gasteiger partial charge in [0.2, 0.25) is 0 Å². The fraction of sp³-hybridized carbons (Fsp3) is 0.357. The second kappa shape index (κ2) is 5.33. The molecule has 0 aliphatic rings. The van der Waals surface area contributed by atoms with Crippen molar-refractivity contribution >= 4 is 10.9 Å². The van der Waals surface area contributed by atoms with E-state index in [-0.39, 0.29) is 12.2 Å². The van der Waals surface area contributed by atoms with Crippen LogP contribution < -0.4 is 5.56 Å². The van der Waals surface area contributed by atoms with Gasteiger partial charge in [-0.15, -0.1) is 0 Å². The predicted octanol–water partition coefficient (Wildman–Crippen LogP) is 1.06. The van der Waals surface area contributed by atoms with Crippen LogP contribution in [-0.4, -0.2) is 35.2 Å². The van der Waals surface area contributed by atoms with E-state index in [1.807, 2.05) is 43.3 Å². The number of aliphatic hydroxyl groups is 1. The fourth-order valence-corrected chi connectivity index (χ4v) is 2.02. The molecule has 96 valence electrons. The molecule has 1 heterocycles. The monoisotopic (exact) mass is 246 g/mol. The van der Waals surface area contributed by atoms with E-state index in [2.05, 4.69) is 0 Å². The highest BCUT2D eigenvalue weighted by atomic mass is 16.3. The van der Waals surface area contributed by atoms with Crippen LogP contribution >= 0.6 is 0 Å². The lowest BCUT2D eigenvalue weighted by Gasteiger charge is -2.15. The van der Waals surface area contributed by atoms with Gasteiger partial charge in [-0.05, 0) is 31.6 Å². The molecule has 1 aromatic carbocycles. The lowest BCUT2D eigenvalue weighted by Crippen LogP contribution is -2.29. The molecule has 4 nitrogen and oxygen atoms in total. The molecule has 0 amide bonds. The van der Waals surface area contributed by atoms with Crippen LogP contribution in [0.4, 0.5) is 0 Å². The number of nitrogens with zero attached hydrogens (tertiary/aromatic N) is 2. The third-order valence-electron chi connectivity index (χ3n) is 3.02. The van der Waals surface area contributed by atoms with Gasteiger partial charge >= 0.3 is 0 Å². The number of rotatable bonds is 4. The van der Waals surface area contributed by atoms with Gasteiger partial charge in [0.25, 0.3) is 5.56 Å². The molecule has 1 aromatic heterocycles. The first-order valence-corrected chi connectivity index (χ1v) is 6.00. The molecule has 2 rings (SSSR count). The van der Waals surface area contributed by atoms with E-state index in [1.165, 1.54) is 0 Å². The number of pyridine rings is 1. The van der Waals surface area contributed by atoms with E-state index in [4.69, 9.17) is 0 Å². The molecule has 2 aromatic rings. The number of aliphatic hydroxyl groups excluding tert-OH is 1. The summed E-state index contributed by atoms with van der Waals surface area (Å²) in [5.74, 6) is 0. The Morgan fingerprint density at radius 2 is 2.00 bits per heavy atom. The van der Waals surface area contributed by atoms with Gasteiger partial charge in [-0.25, -0.2) is 0 Å². The zero-order valence-corrected chi connectivity index (χ0v) is 10.8. The molecule has 0 atom stereocenters. The average molecular weight is 246 g/mol. The number of hydrogen-bond donors (Lipinski definition) is 1. The molecule has 0 saturated heterocycles. The maximum absolute atomic E-state index is 12.2. The second-order valence-corrected chi connectivity index (χ2v) is 4.65. The van der Waals surface area contributed by atoms with Crippen molar-refractivity contribution in [2.75, 3.05) is 20.6 Å². The van der Waals surface area contributed by atoms with Crippen molar-refractivity contribution in [2.24, 2.45) is 0 Å². The number of aromatic nitrogens is 1. The molecule has 0 bridgehead atoms. The van der Waals surface area contributed by atoms with E-state index < -0.39 is 0 Å². The smallest absolute Gasteiger partial charge is 0.256 e. The quantitative estimate of drug-likeness (QED) is 0.877. The van der Waals surface area contributed by atoms with Crippen molar-refractivity contribution < 1.29 is 5.11 Å². The Labute approximate surface area is 106 Å². The number of benzene rings is 1. The molecular formula is C14H18N2O2. The van der Waals surface area contributed by atoms with Crippen LogP contribution in [0, 0.1) is 0 Å². The topological polar surface area (TPSA) is 45.5 Å². The summed E-state index contributed by atoms with van der Waals surface area (Å²) in [6.45, 7) is 1.20. The normalized spacial score (nSPS) is 11.3. The lowest BCUT2D eigenvalue weighted by molar-refractivity contribution is 0.279. The molecule has 1 N–H and O–H groups in total. The molecule has 0 spiro atoms. The van der Waals surface area contributed by atoms with Crippen molar-refractivity contribution in [1.29, 1.82) is 0 Å². The molecule has 0 aliphatic carbocycles. The summed E-state index contributed by atoms with van der Waals surface area (Å²) in [4.78, 5) is 14.2. The van der Waals surface area contributed by atoms with Crippen LogP contribution in [0.1, 0.15) is 5.56 Å². The zero-order chi connectivity index (χ0) is 13.1. The van der Waals surface area contributed by atoms with Gasteiger partial charge < -0.3 is 14.6 Å². The van der Waals surface area contributed by atoms with E-state index in [0.717, 1.165) is 17.4 Å². The van der Waals surface area contributed by atoms with E-state index in [0.29, 0.717) is 12.1 Å². The second-order valence-electron chi connectivity index (χ2n) is 4.65. The first kappa shape index (κ1) is 12.8. The summed E-state index contributed by atoms with van der Waals surface area (Å²) in [7, 11) is 3.95. The summed E-state index contributed by atoms with van der Waals surface area (Å²) < 4.78 is 1.74. The minimum atomic E-state index is -0.217. The Balaban J connectivity index is 2.59. The maximum atomic E-state index is 12.2. The van der Waals surface area contributed by atoms with Crippen LogP contribution in [0.3, 0.4) is 0 Å².